The number of hydrogen-bond donors (Lipinski definition) is 1. The van der Waals surface area contributed by atoms with Crippen LogP contribution in [0.1, 0.15) is 22.8 Å². The zero-order valence-corrected chi connectivity index (χ0v) is 9.43. The third-order valence-corrected chi connectivity index (χ3v) is 2.03. The van der Waals surface area contributed by atoms with Crippen LogP contribution in [0.3, 0.4) is 0 Å². The van der Waals surface area contributed by atoms with Crippen molar-refractivity contribution in [2.24, 2.45) is 0 Å². The molecule has 92 valence electrons. The van der Waals surface area contributed by atoms with E-state index >= 15 is 0 Å². The summed E-state index contributed by atoms with van der Waals surface area (Å²) in [5.74, 6) is -1.27. The van der Waals surface area contributed by atoms with Crippen LogP contribution in [0.2, 0.25) is 0 Å². The fourth-order valence-corrected chi connectivity index (χ4v) is 1.30. The van der Waals surface area contributed by atoms with E-state index in [2.05, 4.69) is 17.4 Å². The van der Waals surface area contributed by atoms with Crippen molar-refractivity contribution in [2.45, 2.75) is 13.1 Å². The zero-order chi connectivity index (χ0) is 13.2. The molecule has 1 aromatic rings. The van der Waals surface area contributed by atoms with E-state index in [0.29, 0.717) is 6.07 Å². The van der Waals surface area contributed by atoms with Gasteiger partial charge in [0.2, 0.25) is 5.12 Å². The van der Waals surface area contributed by atoms with Gasteiger partial charge in [0.05, 0.1) is 11.1 Å². The van der Waals surface area contributed by atoms with E-state index in [0.717, 1.165) is 19.1 Å². The van der Waals surface area contributed by atoms with Crippen molar-refractivity contribution in [1.29, 1.82) is 0 Å². The molecule has 0 radical (unpaired) electrons. The quantitative estimate of drug-likeness (QED) is 0.507. The van der Waals surface area contributed by atoms with E-state index in [4.69, 9.17) is 0 Å². The number of benzene rings is 1. The molecule has 0 saturated carbocycles. The molecule has 0 heterocycles. The second-order valence-electron chi connectivity index (χ2n) is 3.11. The van der Waals surface area contributed by atoms with Gasteiger partial charge in [0.1, 0.15) is 5.75 Å². The van der Waals surface area contributed by atoms with E-state index < -0.39 is 28.6 Å². The minimum atomic E-state index is -4.58. The summed E-state index contributed by atoms with van der Waals surface area (Å²) in [4.78, 5) is 21.7. The Bertz CT molecular complexity index is 468. The molecule has 0 N–H and O–H groups in total. The Morgan fingerprint density at radius 3 is 2.29 bits per heavy atom. The average Bonchev–Trinajstić information content (AvgIpc) is 2.14. The van der Waals surface area contributed by atoms with Crippen LogP contribution in [-0.4, -0.2) is 11.1 Å². The molecule has 0 spiro atoms. The number of alkyl halides is 3. The summed E-state index contributed by atoms with van der Waals surface area (Å²) in [5, 5.41) is -0.782. The summed E-state index contributed by atoms with van der Waals surface area (Å²) in [7, 11) is 0. The number of thiol groups is 1. The van der Waals surface area contributed by atoms with Gasteiger partial charge in [0.25, 0.3) is 0 Å². The number of carbonyl (C=O) groups excluding carboxylic acids is 2. The highest BCUT2D eigenvalue weighted by atomic mass is 32.1. The molecule has 0 bridgehead atoms. The van der Waals surface area contributed by atoms with E-state index in [1.165, 1.54) is 0 Å². The van der Waals surface area contributed by atoms with Crippen molar-refractivity contribution in [3.63, 3.8) is 0 Å². The highest BCUT2D eigenvalue weighted by molar-refractivity contribution is 7.97. The van der Waals surface area contributed by atoms with Gasteiger partial charge in [0.15, 0.2) is 0 Å². The molecule has 1 rings (SSSR count). The predicted octanol–water partition coefficient (Wildman–Crippen LogP) is 2.70. The Kier molecular flexibility index (Phi) is 3.82. The Labute approximate surface area is 100.0 Å². The van der Waals surface area contributed by atoms with Gasteiger partial charge in [0, 0.05) is 6.92 Å². The van der Waals surface area contributed by atoms with Crippen molar-refractivity contribution in [2.75, 3.05) is 0 Å². The smallest absolute Gasteiger partial charge is 0.416 e. The lowest BCUT2D eigenvalue weighted by Gasteiger charge is -2.11. The first kappa shape index (κ1) is 13.6. The predicted molar refractivity (Wildman–Crippen MR) is 56.1 cm³/mol. The Morgan fingerprint density at radius 2 is 1.88 bits per heavy atom. The van der Waals surface area contributed by atoms with Crippen LogP contribution >= 0.6 is 12.6 Å². The monoisotopic (exact) mass is 264 g/mol. The Hall–Kier alpha value is -1.50. The molecule has 0 aliphatic rings. The first-order valence-electron chi connectivity index (χ1n) is 4.35. The molecule has 0 atom stereocenters. The molecule has 0 aliphatic carbocycles. The van der Waals surface area contributed by atoms with Gasteiger partial charge < -0.3 is 4.74 Å². The van der Waals surface area contributed by atoms with Crippen molar-refractivity contribution in [1.82, 2.24) is 0 Å². The van der Waals surface area contributed by atoms with E-state index in [1.54, 1.807) is 0 Å². The summed E-state index contributed by atoms with van der Waals surface area (Å²) in [5.41, 5.74) is -1.20. The lowest BCUT2D eigenvalue weighted by atomic mass is 10.1. The molecule has 0 unspecified atom stereocenters. The summed E-state index contributed by atoms with van der Waals surface area (Å²) < 4.78 is 41.7. The molecule has 0 fully saturated rings. The number of ether oxygens (including phenoxy) is 1. The molecule has 1 aromatic carbocycles. The van der Waals surface area contributed by atoms with E-state index in [1.807, 2.05) is 0 Å². The number of hydrogen-bond acceptors (Lipinski definition) is 3. The van der Waals surface area contributed by atoms with Crippen molar-refractivity contribution >= 4 is 23.7 Å². The van der Waals surface area contributed by atoms with Crippen LogP contribution in [0.4, 0.5) is 13.2 Å². The lowest BCUT2D eigenvalue weighted by molar-refractivity contribution is -0.138. The largest absolute Gasteiger partial charge is 0.426 e. The van der Waals surface area contributed by atoms with Gasteiger partial charge in [-0.25, -0.2) is 0 Å². The Balaban J connectivity index is 3.29. The maximum absolute atomic E-state index is 12.4. The van der Waals surface area contributed by atoms with Crippen LogP contribution in [0.5, 0.6) is 5.75 Å². The fraction of sp³-hybridized carbons (Fsp3) is 0.200. The molecule has 0 aliphatic heterocycles. The highest BCUT2D eigenvalue weighted by Gasteiger charge is 2.31. The first-order valence-corrected chi connectivity index (χ1v) is 4.79. The van der Waals surface area contributed by atoms with Crippen LogP contribution in [-0.2, 0) is 11.0 Å². The fourth-order valence-electron chi connectivity index (χ4n) is 1.11. The van der Waals surface area contributed by atoms with Crippen molar-refractivity contribution in [3.8, 4) is 5.75 Å². The first-order chi connectivity index (χ1) is 7.71. The number of esters is 1. The summed E-state index contributed by atoms with van der Waals surface area (Å²) in [6.07, 6.45) is -4.58. The zero-order valence-electron chi connectivity index (χ0n) is 8.54. The van der Waals surface area contributed by atoms with Crippen LogP contribution in [0.15, 0.2) is 18.2 Å². The van der Waals surface area contributed by atoms with Gasteiger partial charge in [-0.05, 0) is 18.2 Å². The van der Waals surface area contributed by atoms with Crippen molar-refractivity contribution in [3.05, 3.63) is 29.3 Å². The van der Waals surface area contributed by atoms with Gasteiger partial charge in [-0.1, -0.05) is 0 Å². The maximum atomic E-state index is 12.4. The molecule has 17 heavy (non-hydrogen) atoms. The lowest BCUT2D eigenvalue weighted by Crippen LogP contribution is -2.09. The minimum absolute atomic E-state index is 0.198. The molecule has 0 saturated heterocycles. The topological polar surface area (TPSA) is 43.4 Å². The molecule has 7 heteroatoms. The number of halogens is 3. The second kappa shape index (κ2) is 4.79. The molecular weight excluding hydrogens is 257 g/mol. The minimum Gasteiger partial charge on any atom is -0.426 e. The maximum Gasteiger partial charge on any atom is 0.416 e. The third-order valence-electron chi connectivity index (χ3n) is 1.79. The van der Waals surface area contributed by atoms with Crippen molar-refractivity contribution < 1.29 is 27.5 Å². The van der Waals surface area contributed by atoms with Crippen LogP contribution < -0.4 is 4.74 Å². The number of carbonyl (C=O) groups is 2. The second-order valence-corrected chi connectivity index (χ2v) is 3.51. The van der Waals surface area contributed by atoms with Gasteiger partial charge in [-0.3, -0.25) is 9.59 Å². The third kappa shape index (κ3) is 3.48. The van der Waals surface area contributed by atoms with Gasteiger partial charge in [-0.15, -0.1) is 12.6 Å². The standard InChI is InChI=1S/C10H7F3O3S/c1-5(14)16-8-4-6(10(11,12)13)2-3-7(8)9(15)17/h2-4H,1H3,(H,15,17). The van der Waals surface area contributed by atoms with E-state index in [9.17, 15) is 22.8 Å². The average molecular weight is 264 g/mol. The molecule has 0 aromatic heterocycles. The normalized spacial score (nSPS) is 11.1. The van der Waals surface area contributed by atoms with Gasteiger partial charge >= 0.3 is 12.1 Å². The van der Waals surface area contributed by atoms with Gasteiger partial charge in [-0.2, -0.15) is 13.2 Å². The summed E-state index contributed by atoms with van der Waals surface area (Å²) >= 11 is 3.48. The summed E-state index contributed by atoms with van der Waals surface area (Å²) in [6, 6.07) is 2.22. The SMILES string of the molecule is CC(=O)Oc1cc(C(F)(F)F)ccc1C(=O)S. The number of rotatable bonds is 2. The summed E-state index contributed by atoms with van der Waals surface area (Å²) in [6.45, 7) is 1.02. The molecule has 0 amide bonds. The molecule has 3 nitrogen and oxygen atoms in total. The highest BCUT2D eigenvalue weighted by Crippen LogP contribution is 2.33. The molecular formula is C10H7F3O3S. The Morgan fingerprint density at radius 1 is 1.29 bits per heavy atom. The van der Waals surface area contributed by atoms with Crippen LogP contribution in [0, 0.1) is 0 Å². The van der Waals surface area contributed by atoms with Crippen LogP contribution in [0.25, 0.3) is 0 Å². The van der Waals surface area contributed by atoms with E-state index in [-0.39, 0.29) is 5.56 Å².